The van der Waals surface area contributed by atoms with Gasteiger partial charge in [-0.25, -0.2) is 0 Å². The molecule has 55 heavy (non-hydrogen) atoms. The summed E-state index contributed by atoms with van der Waals surface area (Å²) in [5, 5.41) is 27.2. The Morgan fingerprint density at radius 2 is 0.636 bits per heavy atom. The van der Waals surface area contributed by atoms with Gasteiger partial charge in [0.25, 0.3) is 0 Å². The zero-order chi connectivity index (χ0) is 37.9. The monoisotopic (exact) mass is 712 g/mol. The van der Waals surface area contributed by atoms with Crippen molar-refractivity contribution in [1.29, 1.82) is 0 Å². The lowest BCUT2D eigenvalue weighted by Gasteiger charge is -2.46. The van der Waals surface area contributed by atoms with Crippen molar-refractivity contribution in [2.75, 3.05) is 0 Å². The normalized spacial score (nSPS) is 22.0. The van der Waals surface area contributed by atoms with Crippen LogP contribution in [0.15, 0.2) is 146 Å². The van der Waals surface area contributed by atoms with E-state index in [1.165, 1.54) is 61.2 Å². The van der Waals surface area contributed by atoms with Gasteiger partial charge in [-0.15, -0.1) is 0 Å². The maximum atomic E-state index is 13.6. The van der Waals surface area contributed by atoms with E-state index in [4.69, 9.17) is 0 Å². The molecule has 0 saturated heterocycles. The Hall–Kier alpha value is -5.54. The van der Waals surface area contributed by atoms with Crippen molar-refractivity contribution in [3.63, 3.8) is 0 Å². The van der Waals surface area contributed by atoms with E-state index in [1.807, 2.05) is 84.9 Å². The van der Waals surface area contributed by atoms with Crippen LogP contribution < -0.4 is 0 Å². The summed E-state index contributed by atoms with van der Waals surface area (Å²) >= 11 is 0. The molecule has 4 aliphatic rings. The van der Waals surface area contributed by atoms with Crippen LogP contribution in [-0.2, 0) is 27.4 Å². The molecule has 0 aromatic heterocycles. The molecular formula is C53H44O2. The van der Waals surface area contributed by atoms with Gasteiger partial charge in [-0.1, -0.05) is 181 Å². The molecule has 2 N–H and O–H groups in total. The average molecular weight is 713 g/mol. The van der Waals surface area contributed by atoms with E-state index < -0.39 is 16.6 Å². The van der Waals surface area contributed by atoms with Crippen LogP contribution in [0.2, 0.25) is 0 Å². The number of rotatable bonds is 2. The molecule has 0 heterocycles. The van der Waals surface area contributed by atoms with Crippen LogP contribution in [0.4, 0.5) is 0 Å². The van der Waals surface area contributed by atoms with E-state index in [1.54, 1.807) is 0 Å². The summed E-state index contributed by atoms with van der Waals surface area (Å²) in [5.41, 5.74) is 16.2. The molecule has 0 radical (unpaired) electrons. The summed E-state index contributed by atoms with van der Waals surface area (Å²) in [7, 11) is 0. The van der Waals surface area contributed by atoms with Gasteiger partial charge in [0, 0.05) is 21.8 Å². The fourth-order valence-electron chi connectivity index (χ4n) is 11.6. The molecule has 2 atom stereocenters. The molecule has 4 aliphatic carbocycles. The molecule has 7 aromatic rings. The predicted molar refractivity (Wildman–Crippen MR) is 223 cm³/mol. The molecule has 0 amide bonds. The summed E-state index contributed by atoms with van der Waals surface area (Å²) in [5.74, 6) is 0. The van der Waals surface area contributed by atoms with Crippen molar-refractivity contribution in [3.8, 4) is 33.4 Å². The van der Waals surface area contributed by atoms with Crippen molar-refractivity contribution < 1.29 is 10.2 Å². The molecule has 7 aromatic carbocycles. The highest BCUT2D eigenvalue weighted by atomic mass is 16.3. The maximum absolute atomic E-state index is 13.6. The standard InChI is InChI=1S/C53H44O2/c1-49(2)36-25-15-14-24-34(36)44-46(49)43-33-23-13-16-26-37(33)50(3,4)47(43)45-35-29-41-42(30-40(35)51(5,6)48(44)45)53(55,32-21-11-8-12-22-32)39-28-18-17-27-38(39)52(41,54)31-19-9-7-10-20-31/h7-30,54-55H,1-6H3. The first kappa shape index (κ1) is 32.9. The van der Waals surface area contributed by atoms with Crippen LogP contribution in [-0.4, -0.2) is 10.2 Å². The minimum absolute atomic E-state index is 0.217. The fraction of sp³-hybridized carbons (Fsp3) is 0.208. The highest BCUT2D eigenvalue weighted by Crippen LogP contribution is 2.68. The summed E-state index contributed by atoms with van der Waals surface area (Å²) in [6.07, 6.45) is 0. The van der Waals surface area contributed by atoms with Crippen LogP contribution in [0.3, 0.4) is 0 Å². The summed E-state index contributed by atoms with van der Waals surface area (Å²) < 4.78 is 0. The number of hydrogen-bond acceptors (Lipinski definition) is 2. The first-order valence-electron chi connectivity index (χ1n) is 19.7. The van der Waals surface area contributed by atoms with E-state index >= 15 is 0 Å². The molecule has 2 unspecified atom stereocenters. The van der Waals surface area contributed by atoms with Crippen LogP contribution in [0.5, 0.6) is 0 Å². The largest absolute Gasteiger partial charge is 0.376 e. The second-order valence-electron chi connectivity index (χ2n) is 17.9. The lowest BCUT2D eigenvalue weighted by atomic mass is 9.62. The summed E-state index contributed by atoms with van der Waals surface area (Å²) in [6.45, 7) is 14.4. The first-order chi connectivity index (χ1) is 26.3. The Morgan fingerprint density at radius 3 is 1.07 bits per heavy atom. The molecule has 268 valence electrons. The Labute approximate surface area is 323 Å². The molecule has 11 rings (SSSR count). The van der Waals surface area contributed by atoms with Crippen molar-refractivity contribution >= 4 is 0 Å². The molecule has 2 nitrogen and oxygen atoms in total. The highest BCUT2D eigenvalue weighted by molar-refractivity contribution is 6.05. The summed E-state index contributed by atoms with van der Waals surface area (Å²) in [4.78, 5) is 0. The number of benzene rings is 7. The van der Waals surface area contributed by atoms with Gasteiger partial charge in [-0.2, -0.15) is 0 Å². The maximum Gasteiger partial charge on any atom is 0.141 e. The third-order valence-electron chi connectivity index (χ3n) is 14.1. The summed E-state index contributed by atoms with van der Waals surface area (Å²) in [6, 6.07) is 50.5. The minimum Gasteiger partial charge on any atom is -0.376 e. The van der Waals surface area contributed by atoms with Crippen LogP contribution in [0.25, 0.3) is 33.4 Å². The quantitative estimate of drug-likeness (QED) is 0.187. The first-order valence-corrected chi connectivity index (χ1v) is 19.7. The molecule has 0 saturated carbocycles. The Bertz CT molecular complexity index is 2810. The smallest absolute Gasteiger partial charge is 0.141 e. The fourth-order valence-corrected chi connectivity index (χ4v) is 11.6. The molecule has 0 fully saturated rings. The van der Waals surface area contributed by atoms with Gasteiger partial charge >= 0.3 is 0 Å². The second kappa shape index (κ2) is 10.4. The molecular weight excluding hydrogens is 669 g/mol. The van der Waals surface area contributed by atoms with E-state index in [0.29, 0.717) is 11.1 Å². The number of fused-ring (bicyclic) bond motifs is 14. The van der Waals surface area contributed by atoms with Crippen molar-refractivity contribution in [1.82, 2.24) is 0 Å². The van der Waals surface area contributed by atoms with E-state index in [9.17, 15) is 10.2 Å². The van der Waals surface area contributed by atoms with Crippen molar-refractivity contribution in [2.45, 2.75) is 69.0 Å². The van der Waals surface area contributed by atoms with Crippen LogP contribution >= 0.6 is 0 Å². The topological polar surface area (TPSA) is 40.5 Å². The Morgan fingerprint density at radius 1 is 0.309 bits per heavy atom. The zero-order valence-electron chi connectivity index (χ0n) is 32.3. The lowest BCUT2D eigenvalue weighted by molar-refractivity contribution is 0.0747. The van der Waals surface area contributed by atoms with Gasteiger partial charge in [-0.05, 0) is 101 Å². The zero-order valence-corrected chi connectivity index (χ0v) is 32.3. The number of aliphatic hydroxyl groups is 2. The second-order valence-corrected chi connectivity index (χ2v) is 17.9. The average Bonchev–Trinajstić information content (AvgIpc) is 3.69. The van der Waals surface area contributed by atoms with Gasteiger partial charge in [0.2, 0.25) is 0 Å². The van der Waals surface area contributed by atoms with Crippen molar-refractivity contribution in [2.24, 2.45) is 0 Å². The Kier molecular flexibility index (Phi) is 6.21. The molecule has 2 heteroatoms. The Balaban J connectivity index is 1.34. The molecule has 0 bridgehead atoms. The van der Waals surface area contributed by atoms with Gasteiger partial charge in [0.1, 0.15) is 11.2 Å². The SMILES string of the molecule is CC1(C)c2ccccc2-c2c1c1c(c3c2C(C)(C)c2cc4c(cc2-3)C(O)(c2ccccc2)c2ccccc2C4(O)c2ccccc2)C(C)(C)c2ccccc2-1. The molecule has 0 spiro atoms. The van der Waals surface area contributed by atoms with Gasteiger partial charge in [0.05, 0.1) is 0 Å². The minimum atomic E-state index is -1.52. The lowest BCUT2D eigenvalue weighted by Crippen LogP contribution is -2.44. The van der Waals surface area contributed by atoms with Crippen LogP contribution in [0.1, 0.15) is 108 Å². The highest BCUT2D eigenvalue weighted by Gasteiger charge is 2.56. The third kappa shape index (κ3) is 3.73. The van der Waals surface area contributed by atoms with Crippen molar-refractivity contribution in [3.05, 3.63) is 212 Å². The van der Waals surface area contributed by atoms with E-state index in [-0.39, 0.29) is 10.8 Å². The molecule has 0 aliphatic heterocycles. The predicted octanol–water partition coefficient (Wildman–Crippen LogP) is 11.5. The van der Waals surface area contributed by atoms with Gasteiger partial charge in [-0.3, -0.25) is 0 Å². The van der Waals surface area contributed by atoms with Crippen LogP contribution in [0, 0.1) is 0 Å². The van der Waals surface area contributed by atoms with Gasteiger partial charge < -0.3 is 10.2 Å². The third-order valence-corrected chi connectivity index (χ3v) is 14.1. The van der Waals surface area contributed by atoms with E-state index in [0.717, 1.165) is 27.8 Å². The number of hydrogen-bond donors (Lipinski definition) is 2. The van der Waals surface area contributed by atoms with E-state index in [2.05, 4.69) is 102 Å². The van der Waals surface area contributed by atoms with Gasteiger partial charge in [0.15, 0.2) is 0 Å².